The smallest absolute Gasteiger partial charge is 0.325 e. The summed E-state index contributed by atoms with van der Waals surface area (Å²) in [6.45, 7) is -0.177. The van der Waals surface area contributed by atoms with E-state index in [4.69, 9.17) is 5.73 Å². The first-order valence-corrected chi connectivity index (χ1v) is 3.72. The molecule has 1 aromatic rings. The zero-order valence-corrected chi connectivity index (χ0v) is 7.45. The summed E-state index contributed by atoms with van der Waals surface area (Å²) in [6.07, 6.45) is 0.919. The lowest BCUT2D eigenvalue weighted by Gasteiger charge is -2.04. The quantitative estimate of drug-likeness (QED) is 0.656. The summed E-state index contributed by atoms with van der Waals surface area (Å²) in [7, 11) is 1.23. The van der Waals surface area contributed by atoms with E-state index >= 15 is 0 Å². The number of ether oxygens (including phenoxy) is 1. The first-order chi connectivity index (χ1) is 6.63. The van der Waals surface area contributed by atoms with Gasteiger partial charge in [0.15, 0.2) is 11.6 Å². The molecule has 0 bridgehead atoms. The molecule has 0 aliphatic carbocycles. The summed E-state index contributed by atoms with van der Waals surface area (Å²) in [5.41, 5.74) is 5.22. The van der Waals surface area contributed by atoms with Crippen molar-refractivity contribution in [3.05, 3.63) is 12.0 Å². The first kappa shape index (κ1) is 10.2. The molecule has 7 heteroatoms. The van der Waals surface area contributed by atoms with E-state index < -0.39 is 11.8 Å². The van der Waals surface area contributed by atoms with Crippen molar-refractivity contribution >= 4 is 17.7 Å². The molecule has 0 unspecified atom stereocenters. The van der Waals surface area contributed by atoms with Gasteiger partial charge in [-0.3, -0.25) is 4.79 Å². The van der Waals surface area contributed by atoms with E-state index in [1.807, 2.05) is 0 Å². The van der Waals surface area contributed by atoms with Crippen LogP contribution >= 0.6 is 0 Å². The van der Waals surface area contributed by atoms with Crippen LogP contribution in [0.4, 0.5) is 16.2 Å². The van der Waals surface area contributed by atoms with Crippen LogP contribution in [0.1, 0.15) is 0 Å². The van der Waals surface area contributed by atoms with E-state index in [0.717, 1.165) is 6.20 Å². The zero-order valence-electron chi connectivity index (χ0n) is 7.45. The number of esters is 1. The van der Waals surface area contributed by atoms with Crippen LogP contribution in [0.25, 0.3) is 0 Å². The van der Waals surface area contributed by atoms with Crippen LogP contribution in [-0.2, 0) is 9.53 Å². The fourth-order valence-electron chi connectivity index (χ4n) is 0.733. The average molecular weight is 200 g/mol. The zero-order chi connectivity index (χ0) is 10.6. The number of carbonyl (C=O) groups excluding carboxylic acids is 1. The van der Waals surface area contributed by atoms with Gasteiger partial charge in [0.2, 0.25) is 5.95 Å². The Morgan fingerprint density at radius 3 is 3.14 bits per heavy atom. The minimum atomic E-state index is -0.678. The van der Waals surface area contributed by atoms with Gasteiger partial charge in [-0.05, 0) is 0 Å². The summed E-state index contributed by atoms with van der Waals surface area (Å²) in [6, 6.07) is 0. The van der Waals surface area contributed by atoms with Gasteiger partial charge in [0, 0.05) is 0 Å². The molecule has 6 nitrogen and oxygen atoms in total. The van der Waals surface area contributed by atoms with E-state index in [9.17, 15) is 9.18 Å². The number of carbonyl (C=O) groups is 1. The van der Waals surface area contributed by atoms with Gasteiger partial charge >= 0.3 is 5.97 Å². The molecular formula is C7H9FN4O2. The van der Waals surface area contributed by atoms with Gasteiger partial charge < -0.3 is 15.8 Å². The number of aromatic nitrogens is 2. The lowest BCUT2D eigenvalue weighted by atomic mass is 10.5. The molecule has 0 aliphatic rings. The molecule has 1 rings (SSSR count). The fraction of sp³-hybridized carbons (Fsp3) is 0.286. The van der Waals surface area contributed by atoms with Gasteiger partial charge in [0.1, 0.15) is 6.54 Å². The molecule has 0 radical (unpaired) electrons. The molecular weight excluding hydrogens is 191 g/mol. The summed E-state index contributed by atoms with van der Waals surface area (Å²) in [5.74, 6) is -1.40. The number of nitrogens with zero attached hydrogens (tertiary/aromatic N) is 2. The van der Waals surface area contributed by atoms with E-state index in [-0.39, 0.29) is 18.3 Å². The highest BCUT2D eigenvalue weighted by atomic mass is 19.1. The largest absolute Gasteiger partial charge is 0.468 e. The molecule has 14 heavy (non-hydrogen) atoms. The molecule has 1 aromatic heterocycles. The van der Waals surface area contributed by atoms with Crippen LogP contribution in [0.2, 0.25) is 0 Å². The second-order valence-electron chi connectivity index (χ2n) is 2.35. The van der Waals surface area contributed by atoms with Crippen LogP contribution in [0.5, 0.6) is 0 Å². The summed E-state index contributed by atoms with van der Waals surface area (Å²) >= 11 is 0. The van der Waals surface area contributed by atoms with E-state index in [0.29, 0.717) is 0 Å². The number of nitrogens with one attached hydrogen (secondary N) is 1. The highest BCUT2D eigenvalue weighted by Gasteiger charge is 2.06. The third kappa shape index (κ3) is 2.54. The minimum absolute atomic E-state index is 0.0706. The number of anilines is 2. The maximum atomic E-state index is 12.9. The van der Waals surface area contributed by atoms with Crippen molar-refractivity contribution < 1.29 is 13.9 Å². The molecule has 0 aliphatic heterocycles. The molecule has 0 saturated carbocycles. The van der Waals surface area contributed by atoms with Crippen molar-refractivity contribution in [2.45, 2.75) is 0 Å². The molecule has 0 saturated heterocycles. The van der Waals surface area contributed by atoms with Gasteiger partial charge in [-0.15, -0.1) is 0 Å². The van der Waals surface area contributed by atoms with Gasteiger partial charge in [-0.1, -0.05) is 0 Å². The average Bonchev–Trinajstić information content (AvgIpc) is 2.19. The Morgan fingerprint density at radius 2 is 2.50 bits per heavy atom. The second kappa shape index (κ2) is 4.35. The Labute approximate surface area is 79.3 Å². The lowest BCUT2D eigenvalue weighted by molar-refractivity contribution is -0.138. The molecule has 0 aromatic carbocycles. The molecule has 0 amide bonds. The Bertz CT molecular complexity index is 344. The standard InChI is InChI=1S/C7H9FN4O2/c1-14-5(13)3-10-6-4(8)2-11-7(9)12-6/h2H,3H2,1H3,(H3,9,10,11,12). The first-order valence-electron chi connectivity index (χ1n) is 3.72. The predicted molar refractivity (Wildman–Crippen MR) is 46.9 cm³/mol. The van der Waals surface area contributed by atoms with E-state index in [2.05, 4.69) is 20.0 Å². The molecule has 0 atom stereocenters. The Hall–Kier alpha value is -1.92. The second-order valence-corrected chi connectivity index (χ2v) is 2.35. The van der Waals surface area contributed by atoms with Crippen molar-refractivity contribution in [3.8, 4) is 0 Å². The van der Waals surface area contributed by atoms with Gasteiger partial charge in [-0.25, -0.2) is 9.37 Å². The number of hydrogen-bond acceptors (Lipinski definition) is 6. The van der Waals surface area contributed by atoms with Crippen LogP contribution < -0.4 is 11.1 Å². The Balaban J connectivity index is 2.66. The number of nitrogen functional groups attached to an aromatic ring is 1. The summed E-state index contributed by atoms with van der Waals surface area (Å²) in [4.78, 5) is 17.7. The number of methoxy groups -OCH3 is 1. The predicted octanol–water partition coefficient (Wildman–Crippen LogP) is -0.217. The lowest BCUT2D eigenvalue weighted by Crippen LogP contribution is -2.17. The van der Waals surface area contributed by atoms with E-state index in [1.54, 1.807) is 0 Å². The highest BCUT2D eigenvalue weighted by molar-refractivity contribution is 5.74. The third-order valence-electron chi connectivity index (χ3n) is 1.39. The van der Waals surface area contributed by atoms with Gasteiger partial charge in [0.05, 0.1) is 13.3 Å². The third-order valence-corrected chi connectivity index (χ3v) is 1.39. The molecule has 76 valence electrons. The topological polar surface area (TPSA) is 90.1 Å². The SMILES string of the molecule is COC(=O)CNc1nc(N)ncc1F. The highest BCUT2D eigenvalue weighted by Crippen LogP contribution is 2.09. The summed E-state index contributed by atoms with van der Waals surface area (Å²) < 4.78 is 17.3. The van der Waals surface area contributed by atoms with Crippen LogP contribution in [0.3, 0.4) is 0 Å². The molecule has 0 fully saturated rings. The van der Waals surface area contributed by atoms with Crippen molar-refractivity contribution in [2.75, 3.05) is 24.7 Å². The Morgan fingerprint density at radius 1 is 1.79 bits per heavy atom. The monoisotopic (exact) mass is 200 g/mol. The molecule has 1 heterocycles. The van der Waals surface area contributed by atoms with Crippen molar-refractivity contribution in [1.29, 1.82) is 0 Å². The van der Waals surface area contributed by atoms with Crippen LogP contribution in [-0.4, -0.2) is 29.6 Å². The normalized spacial score (nSPS) is 9.57. The van der Waals surface area contributed by atoms with Crippen molar-refractivity contribution in [3.63, 3.8) is 0 Å². The fourth-order valence-corrected chi connectivity index (χ4v) is 0.733. The van der Waals surface area contributed by atoms with Gasteiger partial charge in [-0.2, -0.15) is 4.98 Å². The number of rotatable bonds is 3. The van der Waals surface area contributed by atoms with Crippen LogP contribution in [0.15, 0.2) is 6.20 Å². The number of halogens is 1. The molecule has 0 spiro atoms. The molecule has 3 N–H and O–H groups in total. The van der Waals surface area contributed by atoms with Crippen LogP contribution in [0, 0.1) is 5.82 Å². The maximum absolute atomic E-state index is 12.9. The number of nitrogens with two attached hydrogens (primary N) is 1. The number of hydrogen-bond donors (Lipinski definition) is 2. The minimum Gasteiger partial charge on any atom is -0.468 e. The maximum Gasteiger partial charge on any atom is 0.325 e. The van der Waals surface area contributed by atoms with Gasteiger partial charge in [0.25, 0.3) is 0 Å². The Kier molecular flexibility index (Phi) is 3.16. The van der Waals surface area contributed by atoms with Crippen molar-refractivity contribution in [2.24, 2.45) is 0 Å². The van der Waals surface area contributed by atoms with E-state index in [1.165, 1.54) is 7.11 Å². The van der Waals surface area contributed by atoms with Crippen molar-refractivity contribution in [1.82, 2.24) is 9.97 Å². The summed E-state index contributed by atoms with van der Waals surface area (Å²) in [5, 5.41) is 2.42.